The maximum atomic E-state index is 13.4. The van der Waals surface area contributed by atoms with E-state index in [9.17, 15) is 14.4 Å². The van der Waals surface area contributed by atoms with Gasteiger partial charge in [-0.25, -0.2) is 4.39 Å². The molecule has 31 heavy (non-hydrogen) atoms. The molecule has 0 atom stereocenters. The largest absolute Gasteiger partial charge is 0.370 e. The fourth-order valence-electron chi connectivity index (χ4n) is 4.15. The van der Waals surface area contributed by atoms with Crippen LogP contribution in [0.3, 0.4) is 0 Å². The number of amides is 1. The monoisotopic (exact) mass is 425 g/mol. The Morgan fingerprint density at radius 3 is 2.61 bits per heavy atom. The van der Waals surface area contributed by atoms with Gasteiger partial charge in [0.2, 0.25) is 5.91 Å². The van der Waals surface area contributed by atoms with Crippen molar-refractivity contribution in [1.82, 2.24) is 9.78 Å². The quantitative estimate of drug-likeness (QED) is 0.683. The fraction of sp³-hybridized carbons (Fsp3) is 0.542. The summed E-state index contributed by atoms with van der Waals surface area (Å²) in [5.41, 5.74) is 2.93. The van der Waals surface area contributed by atoms with Crippen LogP contribution < -0.4 is 10.2 Å². The zero-order chi connectivity index (χ0) is 22.5. The van der Waals surface area contributed by atoms with Crippen molar-refractivity contribution >= 4 is 17.3 Å². The van der Waals surface area contributed by atoms with Crippen molar-refractivity contribution in [3.05, 3.63) is 41.5 Å². The lowest BCUT2D eigenvalue weighted by Crippen LogP contribution is -2.38. The summed E-state index contributed by atoms with van der Waals surface area (Å²) in [5, 5.41) is 16.9. The van der Waals surface area contributed by atoms with Gasteiger partial charge < -0.3 is 10.2 Å². The number of aromatic nitrogens is 2. The average molecular weight is 426 g/mol. The van der Waals surface area contributed by atoms with Crippen molar-refractivity contribution in [1.29, 1.82) is 5.26 Å². The highest BCUT2D eigenvalue weighted by molar-refractivity contribution is 5.93. The maximum Gasteiger partial charge on any atom is 0.227 e. The smallest absolute Gasteiger partial charge is 0.227 e. The maximum absolute atomic E-state index is 13.4. The van der Waals surface area contributed by atoms with Crippen molar-refractivity contribution in [2.75, 3.05) is 23.3 Å². The van der Waals surface area contributed by atoms with E-state index < -0.39 is 5.82 Å². The summed E-state index contributed by atoms with van der Waals surface area (Å²) in [7, 11) is 0. The fourth-order valence-corrected chi connectivity index (χ4v) is 4.15. The number of nitrogens with one attached hydrogen (secondary N) is 1. The van der Waals surface area contributed by atoms with Crippen LogP contribution in [0, 0.1) is 29.0 Å². The Balaban J connectivity index is 1.64. The van der Waals surface area contributed by atoms with Crippen LogP contribution in [0.1, 0.15) is 64.1 Å². The van der Waals surface area contributed by atoms with E-state index in [0.717, 1.165) is 30.0 Å². The number of aryl methyl sites for hydroxylation is 1. The van der Waals surface area contributed by atoms with Crippen LogP contribution in [-0.4, -0.2) is 28.8 Å². The van der Waals surface area contributed by atoms with Gasteiger partial charge in [-0.3, -0.25) is 9.48 Å². The van der Waals surface area contributed by atoms with Crippen LogP contribution in [0.15, 0.2) is 24.4 Å². The lowest BCUT2D eigenvalue weighted by atomic mass is 9.94. The molecule has 7 heteroatoms. The van der Waals surface area contributed by atoms with Gasteiger partial charge in [-0.1, -0.05) is 27.7 Å². The summed E-state index contributed by atoms with van der Waals surface area (Å²) >= 11 is 0. The van der Waals surface area contributed by atoms with Gasteiger partial charge in [0.15, 0.2) is 0 Å². The van der Waals surface area contributed by atoms with Crippen LogP contribution in [0.5, 0.6) is 0 Å². The molecule has 1 aliphatic rings. The Morgan fingerprint density at radius 1 is 1.29 bits per heavy atom. The number of anilines is 2. The summed E-state index contributed by atoms with van der Waals surface area (Å²) in [4.78, 5) is 15.0. The van der Waals surface area contributed by atoms with Crippen molar-refractivity contribution in [3.8, 4) is 6.07 Å². The van der Waals surface area contributed by atoms with Crippen molar-refractivity contribution in [2.45, 2.75) is 59.4 Å². The minimum atomic E-state index is -0.413. The highest BCUT2D eigenvalue weighted by atomic mass is 19.1. The van der Waals surface area contributed by atoms with Gasteiger partial charge in [0.25, 0.3) is 0 Å². The third kappa shape index (κ3) is 5.43. The van der Waals surface area contributed by atoms with Gasteiger partial charge in [0.05, 0.1) is 28.8 Å². The summed E-state index contributed by atoms with van der Waals surface area (Å²) in [6.07, 6.45) is 4.18. The molecule has 1 amide bonds. The number of hydrogen-bond acceptors (Lipinski definition) is 4. The van der Waals surface area contributed by atoms with E-state index in [-0.39, 0.29) is 17.7 Å². The number of hydrogen-bond donors (Lipinski definition) is 1. The zero-order valence-corrected chi connectivity index (χ0v) is 18.9. The van der Waals surface area contributed by atoms with Gasteiger partial charge in [-0.2, -0.15) is 10.4 Å². The molecule has 1 aromatic carbocycles. The molecule has 2 heterocycles. The lowest BCUT2D eigenvalue weighted by Gasteiger charge is -2.33. The summed E-state index contributed by atoms with van der Waals surface area (Å²) in [6.45, 7) is 10.8. The van der Waals surface area contributed by atoms with E-state index in [1.54, 1.807) is 12.3 Å². The predicted molar refractivity (Wildman–Crippen MR) is 120 cm³/mol. The Kier molecular flexibility index (Phi) is 7.32. The molecule has 166 valence electrons. The second-order valence-electron chi connectivity index (χ2n) is 9.03. The van der Waals surface area contributed by atoms with Crippen LogP contribution in [-0.2, 0) is 11.3 Å². The SMILES string of the molecule is CC(C)CCn1ncc(NC(=O)C2CCN(c3ccc(F)cc3C#N)CC2)c1C(C)C. The normalized spacial score (nSPS) is 14.8. The van der Waals surface area contributed by atoms with Crippen molar-refractivity contribution in [2.24, 2.45) is 11.8 Å². The molecule has 0 spiro atoms. The first-order valence-electron chi connectivity index (χ1n) is 11.1. The Labute approximate surface area is 184 Å². The molecule has 1 N–H and O–H groups in total. The number of carbonyl (C=O) groups is 1. The van der Waals surface area contributed by atoms with Gasteiger partial charge in [-0.15, -0.1) is 0 Å². The van der Waals surface area contributed by atoms with Crippen LogP contribution in [0.25, 0.3) is 0 Å². The number of halogens is 1. The van der Waals surface area contributed by atoms with Crippen LogP contribution in [0.2, 0.25) is 0 Å². The molecule has 0 bridgehead atoms. The van der Waals surface area contributed by atoms with E-state index in [1.807, 2.05) is 4.68 Å². The molecule has 1 saturated heterocycles. The van der Waals surface area contributed by atoms with Crippen molar-refractivity contribution < 1.29 is 9.18 Å². The molecule has 0 radical (unpaired) electrons. The van der Waals surface area contributed by atoms with Gasteiger partial charge in [0.1, 0.15) is 11.9 Å². The van der Waals surface area contributed by atoms with Gasteiger partial charge in [0, 0.05) is 25.6 Å². The Morgan fingerprint density at radius 2 is 2.00 bits per heavy atom. The third-order valence-corrected chi connectivity index (χ3v) is 5.89. The summed E-state index contributed by atoms with van der Waals surface area (Å²) in [6, 6.07) is 6.35. The van der Waals surface area contributed by atoms with E-state index in [0.29, 0.717) is 37.4 Å². The molecule has 6 nitrogen and oxygen atoms in total. The molecule has 0 unspecified atom stereocenters. The third-order valence-electron chi connectivity index (χ3n) is 5.89. The molecule has 3 rings (SSSR count). The van der Waals surface area contributed by atoms with E-state index in [2.05, 4.69) is 49.1 Å². The van der Waals surface area contributed by atoms with E-state index in [4.69, 9.17) is 0 Å². The molecule has 1 aliphatic heterocycles. The first-order chi connectivity index (χ1) is 14.8. The van der Waals surface area contributed by atoms with Crippen molar-refractivity contribution in [3.63, 3.8) is 0 Å². The van der Waals surface area contributed by atoms with Crippen LogP contribution in [0.4, 0.5) is 15.8 Å². The molecule has 0 aliphatic carbocycles. The molecular formula is C24H32FN5O. The average Bonchev–Trinajstić information content (AvgIpc) is 3.15. The highest BCUT2D eigenvalue weighted by Crippen LogP contribution is 2.29. The predicted octanol–water partition coefficient (Wildman–Crippen LogP) is 4.92. The standard InChI is InChI=1S/C24H32FN5O/c1-16(2)7-12-30-23(17(3)4)21(15-27-30)28-24(31)18-8-10-29(11-9-18)22-6-5-20(25)13-19(22)14-26/h5-6,13,15-18H,7-12H2,1-4H3,(H,28,31). The Hall–Kier alpha value is -2.88. The molecule has 1 fully saturated rings. The van der Waals surface area contributed by atoms with E-state index in [1.165, 1.54) is 12.1 Å². The lowest BCUT2D eigenvalue weighted by molar-refractivity contribution is -0.120. The molecule has 2 aromatic rings. The van der Waals surface area contributed by atoms with Gasteiger partial charge >= 0.3 is 0 Å². The number of rotatable bonds is 7. The number of nitrogens with zero attached hydrogens (tertiary/aromatic N) is 4. The minimum absolute atomic E-state index is 0.0181. The van der Waals surface area contributed by atoms with Gasteiger partial charge in [-0.05, 0) is 49.3 Å². The first-order valence-corrected chi connectivity index (χ1v) is 11.1. The first kappa shape index (κ1) is 22.8. The number of carbonyl (C=O) groups excluding carboxylic acids is 1. The number of benzene rings is 1. The Bertz CT molecular complexity index is 951. The van der Waals surface area contributed by atoms with E-state index >= 15 is 0 Å². The minimum Gasteiger partial charge on any atom is -0.370 e. The second kappa shape index (κ2) is 9.95. The number of nitriles is 1. The van der Waals surface area contributed by atoms with Crippen LogP contribution >= 0.6 is 0 Å². The summed E-state index contributed by atoms with van der Waals surface area (Å²) in [5.74, 6) is 0.361. The molecule has 0 saturated carbocycles. The highest BCUT2D eigenvalue weighted by Gasteiger charge is 2.27. The number of piperidine rings is 1. The summed E-state index contributed by atoms with van der Waals surface area (Å²) < 4.78 is 15.4. The second-order valence-corrected chi connectivity index (χ2v) is 9.03. The molecule has 1 aromatic heterocycles. The topological polar surface area (TPSA) is 74.0 Å². The zero-order valence-electron chi connectivity index (χ0n) is 18.9. The molecular weight excluding hydrogens is 393 g/mol.